The summed E-state index contributed by atoms with van der Waals surface area (Å²) in [5, 5.41) is 21.5. The van der Waals surface area contributed by atoms with E-state index >= 15 is 0 Å². The number of aliphatic hydroxyl groups excluding tert-OH is 1. The fourth-order valence-electron chi connectivity index (χ4n) is 1.33. The Labute approximate surface area is 94.5 Å². The summed E-state index contributed by atoms with van der Waals surface area (Å²) < 4.78 is 13.1. The minimum absolute atomic E-state index is 0.221. The summed E-state index contributed by atoms with van der Waals surface area (Å²) in [7, 11) is 0. The first-order valence-electron chi connectivity index (χ1n) is 5.15. The second-order valence-corrected chi connectivity index (χ2v) is 3.96. The molecule has 0 aliphatic rings. The zero-order chi connectivity index (χ0) is 12.1. The lowest BCUT2D eigenvalue weighted by Crippen LogP contribution is -2.27. The van der Waals surface area contributed by atoms with Gasteiger partial charge in [0.15, 0.2) is 0 Å². The van der Waals surface area contributed by atoms with Gasteiger partial charge in [-0.25, -0.2) is 4.39 Å². The highest BCUT2D eigenvalue weighted by molar-refractivity contribution is 5.34. The highest BCUT2D eigenvalue weighted by atomic mass is 19.1. The van der Waals surface area contributed by atoms with Crippen molar-refractivity contribution in [1.82, 2.24) is 5.32 Å². The van der Waals surface area contributed by atoms with Crippen molar-refractivity contribution < 1.29 is 9.50 Å². The van der Waals surface area contributed by atoms with Gasteiger partial charge in [-0.15, -0.1) is 0 Å². The Morgan fingerprint density at radius 1 is 1.44 bits per heavy atom. The number of benzene rings is 1. The lowest BCUT2D eigenvalue weighted by Gasteiger charge is -2.14. The molecule has 2 N–H and O–H groups in total. The summed E-state index contributed by atoms with van der Waals surface area (Å²) in [6, 6.07) is 5.99. The van der Waals surface area contributed by atoms with E-state index in [4.69, 9.17) is 5.26 Å². The van der Waals surface area contributed by atoms with E-state index in [1.165, 1.54) is 12.1 Å². The number of nitriles is 1. The van der Waals surface area contributed by atoms with Crippen molar-refractivity contribution in [2.24, 2.45) is 0 Å². The third-order valence-electron chi connectivity index (χ3n) is 2.15. The molecule has 0 fully saturated rings. The van der Waals surface area contributed by atoms with E-state index in [0.29, 0.717) is 12.1 Å². The smallest absolute Gasteiger partial charge is 0.124 e. The topological polar surface area (TPSA) is 56.0 Å². The number of rotatable bonds is 4. The third-order valence-corrected chi connectivity index (χ3v) is 2.15. The van der Waals surface area contributed by atoms with Crippen molar-refractivity contribution in [3.05, 3.63) is 35.1 Å². The standard InChI is InChI=1S/C12H15FN2O/c1-8(2)15-7-12(16)10-3-9(6-14)4-11(13)5-10/h3-5,8,12,15-16H,7H2,1-2H3. The number of halogens is 1. The third kappa shape index (κ3) is 3.61. The van der Waals surface area contributed by atoms with E-state index in [2.05, 4.69) is 5.32 Å². The van der Waals surface area contributed by atoms with Crippen LogP contribution >= 0.6 is 0 Å². The van der Waals surface area contributed by atoms with Crippen molar-refractivity contribution in [3.8, 4) is 6.07 Å². The summed E-state index contributed by atoms with van der Waals surface area (Å²) in [6.07, 6.45) is -0.801. The molecule has 0 bridgehead atoms. The summed E-state index contributed by atoms with van der Waals surface area (Å²) >= 11 is 0. The van der Waals surface area contributed by atoms with E-state index in [9.17, 15) is 9.50 Å². The molecule has 0 heterocycles. The van der Waals surface area contributed by atoms with Crippen LogP contribution in [0.15, 0.2) is 18.2 Å². The van der Waals surface area contributed by atoms with Crippen LogP contribution in [0, 0.1) is 17.1 Å². The van der Waals surface area contributed by atoms with Gasteiger partial charge in [0.25, 0.3) is 0 Å². The SMILES string of the molecule is CC(C)NCC(O)c1cc(F)cc(C#N)c1. The summed E-state index contributed by atoms with van der Waals surface area (Å²) in [5.74, 6) is -0.502. The molecule has 1 atom stereocenters. The number of nitrogens with zero attached hydrogens (tertiary/aromatic N) is 1. The fraction of sp³-hybridized carbons (Fsp3) is 0.417. The average Bonchev–Trinajstić information content (AvgIpc) is 2.24. The highest BCUT2D eigenvalue weighted by Crippen LogP contribution is 2.16. The lowest BCUT2D eigenvalue weighted by molar-refractivity contribution is 0.171. The lowest BCUT2D eigenvalue weighted by atomic mass is 10.1. The quantitative estimate of drug-likeness (QED) is 0.815. The van der Waals surface area contributed by atoms with Gasteiger partial charge in [-0.3, -0.25) is 0 Å². The highest BCUT2D eigenvalue weighted by Gasteiger charge is 2.10. The molecule has 16 heavy (non-hydrogen) atoms. The van der Waals surface area contributed by atoms with Gasteiger partial charge >= 0.3 is 0 Å². The molecule has 86 valence electrons. The molecule has 3 nitrogen and oxygen atoms in total. The molecule has 0 saturated heterocycles. The van der Waals surface area contributed by atoms with Crippen LogP contribution < -0.4 is 5.32 Å². The van der Waals surface area contributed by atoms with Crippen LogP contribution in [0.2, 0.25) is 0 Å². The van der Waals surface area contributed by atoms with Gasteiger partial charge in [0.1, 0.15) is 5.82 Å². The predicted molar refractivity (Wildman–Crippen MR) is 59.2 cm³/mol. The van der Waals surface area contributed by atoms with Crippen LogP contribution in [-0.2, 0) is 0 Å². The van der Waals surface area contributed by atoms with Gasteiger partial charge in [-0.1, -0.05) is 13.8 Å². The van der Waals surface area contributed by atoms with Crippen molar-refractivity contribution >= 4 is 0 Å². The van der Waals surface area contributed by atoms with Gasteiger partial charge < -0.3 is 10.4 Å². The average molecular weight is 222 g/mol. The molecule has 0 saturated carbocycles. The molecule has 1 aromatic carbocycles. The summed E-state index contributed by atoms with van der Waals surface area (Å²) in [5.41, 5.74) is 0.642. The van der Waals surface area contributed by atoms with Crippen LogP contribution in [0.3, 0.4) is 0 Å². The van der Waals surface area contributed by atoms with Crippen molar-refractivity contribution in [2.75, 3.05) is 6.54 Å². The first-order valence-corrected chi connectivity index (χ1v) is 5.15. The molecular weight excluding hydrogens is 207 g/mol. The normalized spacial score (nSPS) is 12.5. The zero-order valence-corrected chi connectivity index (χ0v) is 9.37. The molecule has 0 radical (unpaired) electrons. The Balaban J connectivity index is 2.79. The Morgan fingerprint density at radius 3 is 2.69 bits per heavy atom. The molecule has 0 aromatic heterocycles. The van der Waals surface area contributed by atoms with Crippen LogP contribution in [-0.4, -0.2) is 17.7 Å². The van der Waals surface area contributed by atoms with Gasteiger partial charge in [-0.05, 0) is 23.8 Å². The minimum Gasteiger partial charge on any atom is -0.387 e. The monoisotopic (exact) mass is 222 g/mol. The molecule has 0 aliphatic carbocycles. The molecule has 1 rings (SSSR count). The fourth-order valence-corrected chi connectivity index (χ4v) is 1.33. The second-order valence-electron chi connectivity index (χ2n) is 3.96. The maximum Gasteiger partial charge on any atom is 0.124 e. The first-order chi connectivity index (χ1) is 7.52. The van der Waals surface area contributed by atoms with Crippen molar-refractivity contribution in [3.63, 3.8) is 0 Å². The van der Waals surface area contributed by atoms with E-state index in [1.54, 1.807) is 0 Å². The number of hydrogen-bond acceptors (Lipinski definition) is 3. The molecule has 1 aromatic rings. The Bertz CT molecular complexity index is 398. The van der Waals surface area contributed by atoms with Gasteiger partial charge in [-0.2, -0.15) is 5.26 Å². The van der Waals surface area contributed by atoms with E-state index < -0.39 is 11.9 Å². The first kappa shape index (κ1) is 12.6. The zero-order valence-electron chi connectivity index (χ0n) is 9.37. The van der Waals surface area contributed by atoms with Crippen LogP contribution in [0.25, 0.3) is 0 Å². The largest absolute Gasteiger partial charge is 0.387 e. The van der Waals surface area contributed by atoms with Crippen molar-refractivity contribution in [2.45, 2.75) is 26.0 Å². The molecule has 0 amide bonds. The molecular formula is C12H15FN2O. The Morgan fingerprint density at radius 2 is 2.12 bits per heavy atom. The Hall–Kier alpha value is -1.44. The van der Waals surface area contributed by atoms with E-state index in [0.717, 1.165) is 6.07 Å². The molecule has 4 heteroatoms. The summed E-state index contributed by atoms with van der Waals surface area (Å²) in [4.78, 5) is 0. The Kier molecular flexibility index (Phi) is 4.41. The van der Waals surface area contributed by atoms with Gasteiger partial charge in [0.05, 0.1) is 17.7 Å². The van der Waals surface area contributed by atoms with Crippen LogP contribution in [0.1, 0.15) is 31.1 Å². The van der Waals surface area contributed by atoms with Gasteiger partial charge in [0.2, 0.25) is 0 Å². The summed E-state index contributed by atoms with van der Waals surface area (Å²) in [6.45, 7) is 4.25. The van der Waals surface area contributed by atoms with Crippen LogP contribution in [0.5, 0.6) is 0 Å². The van der Waals surface area contributed by atoms with Crippen LogP contribution in [0.4, 0.5) is 4.39 Å². The predicted octanol–water partition coefficient (Wildman–Crippen LogP) is 1.73. The van der Waals surface area contributed by atoms with Crippen molar-refractivity contribution in [1.29, 1.82) is 5.26 Å². The second kappa shape index (κ2) is 5.59. The number of nitrogens with one attached hydrogen (secondary N) is 1. The maximum absolute atomic E-state index is 13.1. The minimum atomic E-state index is -0.801. The van der Waals surface area contributed by atoms with Gasteiger partial charge in [0, 0.05) is 12.6 Å². The van der Waals surface area contributed by atoms with E-state index in [1.807, 2.05) is 19.9 Å². The number of aliphatic hydroxyl groups is 1. The number of hydrogen-bond donors (Lipinski definition) is 2. The molecule has 0 spiro atoms. The maximum atomic E-state index is 13.1. The molecule has 0 aliphatic heterocycles. The van der Waals surface area contributed by atoms with E-state index in [-0.39, 0.29) is 11.6 Å². The molecule has 1 unspecified atom stereocenters.